The standard InChI is InChI=1S/C14H16N2O4/c1-9(17)15(2)8-13(18)16-6-5-10-3-4-11(14(19)20)7-12(10)16/h3-4,7H,5-6,8H2,1-2H3,(H,19,20). The molecule has 106 valence electrons. The van der Waals surface area contributed by atoms with Crippen molar-refractivity contribution in [3.63, 3.8) is 0 Å². The fourth-order valence-electron chi connectivity index (χ4n) is 2.17. The van der Waals surface area contributed by atoms with E-state index in [2.05, 4.69) is 0 Å². The number of hydrogen-bond acceptors (Lipinski definition) is 3. The van der Waals surface area contributed by atoms with E-state index in [1.54, 1.807) is 18.0 Å². The highest BCUT2D eigenvalue weighted by Crippen LogP contribution is 2.29. The number of anilines is 1. The summed E-state index contributed by atoms with van der Waals surface area (Å²) in [5.74, 6) is -1.41. The topological polar surface area (TPSA) is 77.9 Å². The van der Waals surface area contributed by atoms with Crippen molar-refractivity contribution in [3.05, 3.63) is 29.3 Å². The lowest BCUT2D eigenvalue weighted by atomic mass is 10.1. The third-order valence-electron chi connectivity index (χ3n) is 3.44. The Hall–Kier alpha value is -2.37. The average Bonchev–Trinajstić information content (AvgIpc) is 2.80. The summed E-state index contributed by atoms with van der Waals surface area (Å²) in [5, 5.41) is 9.00. The van der Waals surface area contributed by atoms with Crippen molar-refractivity contribution in [2.75, 3.05) is 25.0 Å². The van der Waals surface area contributed by atoms with Crippen molar-refractivity contribution in [1.29, 1.82) is 0 Å². The summed E-state index contributed by atoms with van der Waals surface area (Å²) in [5.41, 5.74) is 1.74. The van der Waals surface area contributed by atoms with Crippen LogP contribution in [0.1, 0.15) is 22.8 Å². The molecule has 1 aliphatic rings. The Labute approximate surface area is 116 Å². The summed E-state index contributed by atoms with van der Waals surface area (Å²) in [4.78, 5) is 37.2. The summed E-state index contributed by atoms with van der Waals surface area (Å²) in [7, 11) is 1.56. The Morgan fingerprint density at radius 3 is 2.65 bits per heavy atom. The first kappa shape index (κ1) is 14.0. The number of carbonyl (C=O) groups is 3. The van der Waals surface area contributed by atoms with Crippen LogP contribution in [0.3, 0.4) is 0 Å². The summed E-state index contributed by atoms with van der Waals surface area (Å²) >= 11 is 0. The van der Waals surface area contributed by atoms with Gasteiger partial charge in [0.1, 0.15) is 0 Å². The van der Waals surface area contributed by atoms with Crippen LogP contribution in [0, 0.1) is 0 Å². The molecule has 6 heteroatoms. The predicted molar refractivity (Wildman–Crippen MR) is 72.8 cm³/mol. The van der Waals surface area contributed by atoms with E-state index in [4.69, 9.17) is 5.11 Å². The lowest BCUT2D eigenvalue weighted by molar-refractivity contribution is -0.132. The zero-order valence-electron chi connectivity index (χ0n) is 11.4. The van der Waals surface area contributed by atoms with E-state index in [0.717, 1.165) is 5.56 Å². The highest BCUT2D eigenvalue weighted by molar-refractivity contribution is 5.99. The molecule has 20 heavy (non-hydrogen) atoms. The number of carboxylic acids is 1. The average molecular weight is 276 g/mol. The third kappa shape index (κ3) is 2.64. The van der Waals surface area contributed by atoms with E-state index in [9.17, 15) is 14.4 Å². The normalized spacial score (nSPS) is 13.0. The number of amides is 2. The van der Waals surface area contributed by atoms with Crippen LogP contribution in [0.5, 0.6) is 0 Å². The maximum absolute atomic E-state index is 12.2. The molecule has 1 aromatic carbocycles. The van der Waals surface area contributed by atoms with E-state index in [-0.39, 0.29) is 23.9 Å². The van der Waals surface area contributed by atoms with Gasteiger partial charge < -0.3 is 14.9 Å². The molecule has 6 nitrogen and oxygen atoms in total. The molecule has 1 aromatic rings. The van der Waals surface area contributed by atoms with Gasteiger partial charge in [0, 0.05) is 26.2 Å². The summed E-state index contributed by atoms with van der Waals surface area (Å²) in [6, 6.07) is 4.79. The molecule has 2 rings (SSSR count). The second-order valence-electron chi connectivity index (χ2n) is 4.82. The smallest absolute Gasteiger partial charge is 0.335 e. The third-order valence-corrected chi connectivity index (χ3v) is 3.44. The summed E-state index contributed by atoms with van der Waals surface area (Å²) in [6.07, 6.45) is 0.699. The molecule has 0 unspecified atom stereocenters. The quantitative estimate of drug-likeness (QED) is 0.883. The molecule has 0 bridgehead atoms. The molecule has 0 atom stereocenters. The molecule has 0 aromatic heterocycles. The van der Waals surface area contributed by atoms with Gasteiger partial charge in [-0.3, -0.25) is 9.59 Å². The molecular formula is C14H16N2O4. The fraction of sp³-hybridized carbons (Fsp3) is 0.357. The van der Waals surface area contributed by atoms with E-state index >= 15 is 0 Å². The fourth-order valence-corrected chi connectivity index (χ4v) is 2.17. The van der Waals surface area contributed by atoms with Crippen molar-refractivity contribution in [2.24, 2.45) is 0 Å². The number of nitrogens with zero attached hydrogens (tertiary/aromatic N) is 2. The first-order chi connectivity index (χ1) is 9.40. The second-order valence-corrected chi connectivity index (χ2v) is 4.82. The minimum Gasteiger partial charge on any atom is -0.478 e. The van der Waals surface area contributed by atoms with Gasteiger partial charge in [-0.1, -0.05) is 6.07 Å². The number of likely N-dealkylation sites (N-methyl/N-ethyl adjacent to an activating group) is 1. The number of benzene rings is 1. The Morgan fingerprint density at radius 2 is 2.05 bits per heavy atom. The Bertz CT molecular complexity index is 583. The number of aromatic carboxylic acids is 1. The molecule has 2 amide bonds. The predicted octanol–water partition coefficient (Wildman–Crippen LogP) is 0.752. The number of fused-ring (bicyclic) bond motifs is 1. The van der Waals surface area contributed by atoms with Crippen LogP contribution in [-0.2, 0) is 16.0 Å². The Kier molecular flexibility index (Phi) is 3.74. The highest BCUT2D eigenvalue weighted by atomic mass is 16.4. The van der Waals surface area contributed by atoms with E-state index < -0.39 is 5.97 Å². The van der Waals surface area contributed by atoms with Crippen LogP contribution in [0.2, 0.25) is 0 Å². The van der Waals surface area contributed by atoms with Gasteiger partial charge in [0.25, 0.3) is 0 Å². The first-order valence-corrected chi connectivity index (χ1v) is 6.28. The van der Waals surface area contributed by atoms with Gasteiger partial charge >= 0.3 is 5.97 Å². The number of hydrogen-bond donors (Lipinski definition) is 1. The molecule has 0 fully saturated rings. The highest BCUT2D eigenvalue weighted by Gasteiger charge is 2.26. The van der Waals surface area contributed by atoms with E-state index in [1.165, 1.54) is 24.0 Å². The first-order valence-electron chi connectivity index (χ1n) is 6.28. The SMILES string of the molecule is CC(=O)N(C)CC(=O)N1CCc2ccc(C(=O)O)cc21. The molecule has 1 aliphatic heterocycles. The monoisotopic (exact) mass is 276 g/mol. The largest absolute Gasteiger partial charge is 0.478 e. The molecule has 0 radical (unpaired) electrons. The molecule has 0 saturated carbocycles. The lowest BCUT2D eigenvalue weighted by Crippen LogP contribution is -2.39. The Balaban J connectivity index is 2.22. The second kappa shape index (κ2) is 5.32. The van der Waals surface area contributed by atoms with Crippen LogP contribution >= 0.6 is 0 Å². The van der Waals surface area contributed by atoms with Gasteiger partial charge in [0.2, 0.25) is 11.8 Å². The lowest BCUT2D eigenvalue weighted by Gasteiger charge is -2.21. The molecule has 0 saturated heterocycles. The van der Waals surface area contributed by atoms with Crippen LogP contribution < -0.4 is 4.90 Å². The van der Waals surface area contributed by atoms with Gasteiger partial charge in [-0.2, -0.15) is 0 Å². The minimum atomic E-state index is -1.02. The van der Waals surface area contributed by atoms with Crippen molar-refractivity contribution < 1.29 is 19.5 Å². The molecule has 1 N–H and O–H groups in total. The van der Waals surface area contributed by atoms with Crippen LogP contribution in [0.25, 0.3) is 0 Å². The molecule has 0 aliphatic carbocycles. The van der Waals surface area contributed by atoms with E-state index in [0.29, 0.717) is 18.7 Å². The van der Waals surface area contributed by atoms with E-state index in [1.807, 2.05) is 0 Å². The van der Waals surface area contributed by atoms with Crippen molar-refractivity contribution in [1.82, 2.24) is 4.90 Å². The van der Waals surface area contributed by atoms with Gasteiger partial charge in [-0.25, -0.2) is 4.79 Å². The van der Waals surface area contributed by atoms with Gasteiger partial charge in [0.15, 0.2) is 0 Å². The number of carboxylic acid groups (broad SMARTS) is 1. The van der Waals surface area contributed by atoms with Gasteiger partial charge in [-0.15, -0.1) is 0 Å². The minimum absolute atomic E-state index is 0.00786. The van der Waals surface area contributed by atoms with Gasteiger partial charge in [0.05, 0.1) is 12.1 Å². The molecular weight excluding hydrogens is 260 g/mol. The Morgan fingerprint density at radius 1 is 1.35 bits per heavy atom. The maximum atomic E-state index is 12.2. The van der Waals surface area contributed by atoms with Gasteiger partial charge in [-0.05, 0) is 24.1 Å². The van der Waals surface area contributed by atoms with Crippen molar-refractivity contribution in [3.8, 4) is 0 Å². The summed E-state index contributed by atoms with van der Waals surface area (Å²) < 4.78 is 0. The zero-order chi connectivity index (χ0) is 14.9. The van der Waals surface area contributed by atoms with Crippen LogP contribution in [0.15, 0.2) is 18.2 Å². The van der Waals surface area contributed by atoms with Crippen molar-refractivity contribution in [2.45, 2.75) is 13.3 Å². The summed E-state index contributed by atoms with van der Waals surface area (Å²) in [6.45, 7) is 1.91. The van der Waals surface area contributed by atoms with Crippen LogP contribution in [0.4, 0.5) is 5.69 Å². The van der Waals surface area contributed by atoms with Crippen molar-refractivity contribution >= 4 is 23.5 Å². The number of carbonyl (C=O) groups excluding carboxylic acids is 2. The maximum Gasteiger partial charge on any atom is 0.335 e. The zero-order valence-corrected chi connectivity index (χ0v) is 11.4. The van der Waals surface area contributed by atoms with Crippen LogP contribution in [-0.4, -0.2) is 47.9 Å². The number of rotatable bonds is 3. The molecule has 1 heterocycles. The molecule has 0 spiro atoms.